The number of carbonyl (C=O) groups excluding carboxylic acids is 12. The largest absolute Gasteiger partial charge is 0.480 e. The number of nitrogens with two attached hydrogens (primary N) is 6. The maximum atomic E-state index is 14.3. The number of rotatable bonds is 36. The minimum absolute atomic E-state index is 0.00376. The SMILES string of the molecule is CC[C@H](C)[C@H](NC(=O)[C@H](C)NC(=O)[C@H](CC(N)=O)NC(=O)[C@H](CCC(N)=O)NC(=O)[C@@H]1CCCN1C(=O)[C@@H](N)CO)C(=O)N[C@@H](CCCN=C(N)N)C(=O)N[C@@H](Cc1cnc[nH]1)C(=O)N[C@@H](CC(N)=O)C(=O)N[C@@H](CC(C)C)C(=O)O. The van der Waals surface area contributed by atoms with Gasteiger partial charge in [-0.3, -0.25) is 62.5 Å². The molecule has 33 heteroatoms. The van der Waals surface area contributed by atoms with E-state index in [9.17, 15) is 72.5 Å². The number of nitrogens with zero attached hydrogens (tertiary/aromatic N) is 3. The van der Waals surface area contributed by atoms with Crippen LogP contribution in [0.5, 0.6) is 0 Å². The van der Waals surface area contributed by atoms with Crippen LogP contribution >= 0.6 is 0 Å². The zero-order valence-electron chi connectivity index (χ0n) is 46.0. The van der Waals surface area contributed by atoms with E-state index in [4.69, 9.17) is 34.4 Å². The normalized spacial score (nSPS) is 16.6. The van der Waals surface area contributed by atoms with Gasteiger partial charge in [0.2, 0.25) is 70.9 Å². The van der Waals surface area contributed by atoms with Crippen LogP contribution in [-0.4, -0.2) is 188 Å². The quantitative estimate of drug-likeness (QED) is 0.0169. The number of imidazole rings is 1. The summed E-state index contributed by atoms with van der Waals surface area (Å²) < 4.78 is 0. The average molecular weight is 1150 g/mol. The third-order valence-corrected chi connectivity index (χ3v) is 12.8. The van der Waals surface area contributed by atoms with Gasteiger partial charge < -0.3 is 97.0 Å². The number of amides is 12. The first-order valence-corrected chi connectivity index (χ1v) is 26.2. The molecule has 0 saturated carbocycles. The topological polar surface area (TPSA) is 559 Å². The summed E-state index contributed by atoms with van der Waals surface area (Å²) >= 11 is 0. The van der Waals surface area contributed by atoms with E-state index in [0.717, 1.165) is 4.90 Å². The molecule has 81 heavy (non-hydrogen) atoms. The van der Waals surface area contributed by atoms with Gasteiger partial charge in [-0.15, -0.1) is 0 Å². The number of aromatic amines is 1. The van der Waals surface area contributed by atoms with Gasteiger partial charge in [0.15, 0.2) is 5.96 Å². The molecule has 0 unspecified atom stereocenters. The van der Waals surface area contributed by atoms with E-state index in [1.54, 1.807) is 27.7 Å². The molecular formula is C48H80N18O15. The average Bonchev–Trinajstić information content (AvgIpc) is 4.12. The minimum Gasteiger partial charge on any atom is -0.480 e. The highest BCUT2D eigenvalue weighted by Gasteiger charge is 2.39. The lowest BCUT2D eigenvalue weighted by molar-refractivity contribution is -0.143. The molecule has 1 aromatic rings. The van der Waals surface area contributed by atoms with Crippen molar-refractivity contribution in [1.29, 1.82) is 0 Å². The summed E-state index contributed by atoms with van der Waals surface area (Å²) in [6, 6.07) is -14.9. The molecule has 1 aromatic heterocycles. The van der Waals surface area contributed by atoms with Gasteiger partial charge >= 0.3 is 5.97 Å². The van der Waals surface area contributed by atoms with Gasteiger partial charge in [-0.25, -0.2) is 9.78 Å². The highest BCUT2D eigenvalue weighted by molar-refractivity contribution is 6.00. The summed E-state index contributed by atoms with van der Waals surface area (Å²) in [4.78, 5) is 183. The van der Waals surface area contributed by atoms with E-state index < -0.39 is 175 Å². The molecule has 11 atom stereocenters. The number of aromatic nitrogens is 2. The van der Waals surface area contributed by atoms with Crippen molar-refractivity contribution < 1.29 is 72.5 Å². The van der Waals surface area contributed by atoms with E-state index in [0.29, 0.717) is 12.1 Å². The number of H-pyrrole nitrogens is 1. The van der Waals surface area contributed by atoms with Gasteiger partial charge in [0.05, 0.1) is 25.8 Å². The van der Waals surface area contributed by atoms with Crippen molar-refractivity contribution in [2.45, 2.75) is 166 Å². The first kappa shape index (κ1) is 68.6. The molecule has 0 spiro atoms. The fraction of sp³-hybridized carbons (Fsp3) is 0.646. The third kappa shape index (κ3) is 23.8. The molecule has 452 valence electrons. The Morgan fingerprint density at radius 3 is 1.73 bits per heavy atom. The van der Waals surface area contributed by atoms with Crippen molar-refractivity contribution in [3.63, 3.8) is 0 Å². The number of aliphatic imine (C=N–C) groups is 1. The number of aliphatic carboxylic acids is 1. The van der Waals surface area contributed by atoms with Crippen LogP contribution in [-0.2, 0) is 68.7 Å². The van der Waals surface area contributed by atoms with Gasteiger partial charge in [0.1, 0.15) is 60.4 Å². The minimum atomic E-state index is -1.79. The molecule has 12 amide bonds. The second kappa shape index (κ2) is 33.8. The van der Waals surface area contributed by atoms with Crippen LogP contribution in [0.3, 0.4) is 0 Å². The second-order valence-corrected chi connectivity index (χ2v) is 20.0. The number of carboxylic acids is 1. The van der Waals surface area contributed by atoms with Gasteiger partial charge in [-0.1, -0.05) is 34.1 Å². The van der Waals surface area contributed by atoms with E-state index in [-0.39, 0.29) is 63.5 Å². The lowest BCUT2D eigenvalue weighted by Gasteiger charge is -2.29. The molecule has 1 fully saturated rings. The van der Waals surface area contributed by atoms with Crippen LogP contribution in [0, 0.1) is 11.8 Å². The Morgan fingerprint density at radius 2 is 1.22 bits per heavy atom. The third-order valence-electron chi connectivity index (χ3n) is 12.8. The summed E-state index contributed by atoms with van der Waals surface area (Å²) in [5.41, 5.74) is 33.1. The van der Waals surface area contributed by atoms with Crippen molar-refractivity contribution >= 4 is 82.8 Å². The molecule has 1 aliphatic rings. The Bertz CT molecular complexity index is 2420. The van der Waals surface area contributed by atoms with Crippen LogP contribution in [0.25, 0.3) is 0 Å². The molecule has 2 heterocycles. The number of guanidine groups is 1. The number of carboxylic acid groups (broad SMARTS) is 1. The zero-order chi connectivity index (χ0) is 61.3. The standard InChI is InChI=1S/C48H80N18O15/c1-6-23(4)37(65-38(71)24(5)58-41(74)30(17-35(51)69)62-40(73)28(11-12-34(50)68)59-44(77)33-10-8-14-66(33)46(79)26(49)20-67)45(78)60-27(9-7-13-56-48(53)54)39(72)61-29(16-25-19-55-21-57-25)42(75)63-31(18-36(52)70)43(76)64-32(47(80)81)15-22(2)3/h19,21-24,26-33,37,67H,6-18,20,49H2,1-5H3,(H2,50,68)(H2,51,69)(H2,52,70)(H,55,57)(H,58,74)(H,59,77)(H,60,78)(H,61,72)(H,62,73)(H,63,75)(H,64,76)(H,65,71)(H,80,81)(H4,53,54,56)/t23-,24-,26-,27-,28-,29-,30-,31-,32-,33-,37-/m0/s1. The molecule has 0 aromatic carbocycles. The van der Waals surface area contributed by atoms with Gasteiger partial charge in [-0.2, -0.15) is 0 Å². The molecule has 0 aliphatic carbocycles. The highest BCUT2D eigenvalue weighted by Crippen LogP contribution is 2.19. The van der Waals surface area contributed by atoms with Crippen molar-refractivity contribution in [2.24, 2.45) is 51.2 Å². The van der Waals surface area contributed by atoms with Crippen molar-refractivity contribution in [2.75, 3.05) is 19.7 Å². The number of carbonyl (C=O) groups is 13. The van der Waals surface area contributed by atoms with Gasteiger partial charge in [0.25, 0.3) is 0 Å². The highest BCUT2D eigenvalue weighted by atomic mass is 16.4. The van der Waals surface area contributed by atoms with E-state index in [2.05, 4.69) is 57.5 Å². The Labute approximate surface area is 466 Å². The summed E-state index contributed by atoms with van der Waals surface area (Å²) in [6.07, 6.45) is 0.503. The van der Waals surface area contributed by atoms with Crippen LogP contribution in [0.2, 0.25) is 0 Å². The Kier molecular flexibility index (Phi) is 28.7. The Balaban J connectivity index is 2.40. The first-order valence-electron chi connectivity index (χ1n) is 26.2. The number of likely N-dealkylation sites (tertiary alicyclic amines) is 1. The number of hydrogen-bond acceptors (Lipinski definition) is 17. The van der Waals surface area contributed by atoms with Crippen molar-refractivity contribution in [1.82, 2.24) is 57.4 Å². The summed E-state index contributed by atoms with van der Waals surface area (Å²) in [5.74, 6) is -14.3. The summed E-state index contributed by atoms with van der Waals surface area (Å²) in [6.45, 7) is 7.27. The first-order chi connectivity index (χ1) is 38.0. The molecule has 1 aliphatic heterocycles. The Morgan fingerprint density at radius 1 is 0.691 bits per heavy atom. The Hall–Kier alpha value is -8.49. The van der Waals surface area contributed by atoms with Crippen molar-refractivity contribution in [3.05, 3.63) is 18.2 Å². The smallest absolute Gasteiger partial charge is 0.326 e. The second-order valence-electron chi connectivity index (χ2n) is 20.0. The van der Waals surface area contributed by atoms with E-state index >= 15 is 0 Å². The lowest BCUT2D eigenvalue weighted by atomic mass is 9.97. The molecule has 1 saturated heterocycles. The maximum Gasteiger partial charge on any atom is 0.326 e. The maximum absolute atomic E-state index is 14.3. The summed E-state index contributed by atoms with van der Waals surface area (Å²) in [7, 11) is 0. The van der Waals surface area contributed by atoms with Crippen LogP contribution in [0.15, 0.2) is 17.5 Å². The molecule has 33 nitrogen and oxygen atoms in total. The molecule has 0 bridgehead atoms. The van der Waals surface area contributed by atoms with Crippen LogP contribution < -0.4 is 76.9 Å². The number of primary amides is 3. The number of hydrogen-bond donors (Lipinski definition) is 17. The van der Waals surface area contributed by atoms with Gasteiger partial charge in [0, 0.05) is 37.8 Å². The monoisotopic (exact) mass is 1150 g/mol. The molecule has 23 N–H and O–H groups in total. The predicted octanol–water partition coefficient (Wildman–Crippen LogP) is -7.59. The van der Waals surface area contributed by atoms with Crippen LogP contribution in [0.4, 0.5) is 0 Å². The van der Waals surface area contributed by atoms with Crippen molar-refractivity contribution in [3.8, 4) is 0 Å². The number of aliphatic hydroxyl groups excluding tert-OH is 1. The molecule has 0 radical (unpaired) electrons. The molecule has 2 rings (SSSR count). The fourth-order valence-corrected chi connectivity index (χ4v) is 8.24. The zero-order valence-corrected chi connectivity index (χ0v) is 46.0. The number of nitrogens with one attached hydrogen (secondary N) is 9. The van der Waals surface area contributed by atoms with E-state index in [1.165, 1.54) is 19.4 Å². The molecular weight excluding hydrogens is 1070 g/mol. The number of aliphatic hydroxyl groups is 1. The predicted molar refractivity (Wildman–Crippen MR) is 286 cm³/mol. The summed E-state index contributed by atoms with van der Waals surface area (Å²) in [5, 5.41) is 38.5. The van der Waals surface area contributed by atoms with Gasteiger partial charge in [-0.05, 0) is 57.3 Å². The lowest BCUT2D eigenvalue weighted by Crippen LogP contribution is -2.61. The fourth-order valence-electron chi connectivity index (χ4n) is 8.24. The van der Waals surface area contributed by atoms with Crippen LogP contribution in [0.1, 0.15) is 105 Å². The van der Waals surface area contributed by atoms with E-state index in [1.807, 2.05) is 0 Å².